The lowest BCUT2D eigenvalue weighted by atomic mass is 10.2. The van der Waals surface area contributed by atoms with E-state index < -0.39 is 10.0 Å². The Bertz CT molecular complexity index is 575. The highest BCUT2D eigenvalue weighted by Gasteiger charge is 2.20. The van der Waals surface area contributed by atoms with Crippen LogP contribution in [0.15, 0.2) is 23.1 Å². The summed E-state index contributed by atoms with van der Waals surface area (Å²) in [5.74, 6) is 0. The molecule has 0 aromatic heterocycles. The molecule has 0 saturated heterocycles. The molecule has 1 aromatic rings. The lowest BCUT2D eigenvalue weighted by Gasteiger charge is -2.20. The van der Waals surface area contributed by atoms with Crippen molar-refractivity contribution in [1.29, 1.82) is 0 Å². The fourth-order valence-electron chi connectivity index (χ4n) is 2.23. The molecule has 126 valence electrons. The van der Waals surface area contributed by atoms with Gasteiger partial charge in [0.15, 0.2) is 0 Å². The molecule has 0 spiro atoms. The lowest BCUT2D eigenvalue weighted by Crippen LogP contribution is -2.33. The van der Waals surface area contributed by atoms with Gasteiger partial charge in [0, 0.05) is 11.1 Å². The van der Waals surface area contributed by atoms with Gasteiger partial charge in [-0.1, -0.05) is 37.0 Å². The van der Waals surface area contributed by atoms with Crippen LogP contribution in [0.25, 0.3) is 0 Å². The molecule has 0 amide bonds. The molecule has 4 nitrogen and oxygen atoms in total. The summed E-state index contributed by atoms with van der Waals surface area (Å²) < 4.78 is 27.4. The average molecular weight is 367 g/mol. The molecule has 1 aromatic carbocycles. The molecule has 7 heteroatoms. The maximum Gasteiger partial charge on any atom is 0.242 e. The molecule has 1 unspecified atom stereocenters. The summed E-state index contributed by atoms with van der Waals surface area (Å²) in [6.45, 7) is 9.09. The van der Waals surface area contributed by atoms with Gasteiger partial charge in [-0.3, -0.25) is 0 Å². The van der Waals surface area contributed by atoms with Crippen molar-refractivity contribution in [3.05, 3.63) is 28.2 Å². The highest BCUT2D eigenvalue weighted by atomic mass is 35.5. The Morgan fingerprint density at radius 2 is 1.86 bits per heavy atom. The maximum atomic E-state index is 12.4. The zero-order chi connectivity index (χ0) is 16.8. The van der Waals surface area contributed by atoms with Crippen molar-refractivity contribution < 1.29 is 8.42 Å². The lowest BCUT2D eigenvalue weighted by molar-refractivity contribution is 0.293. The zero-order valence-electron chi connectivity index (χ0n) is 13.3. The average Bonchev–Trinajstić information content (AvgIpc) is 2.45. The molecule has 22 heavy (non-hydrogen) atoms. The molecule has 0 radical (unpaired) electrons. The van der Waals surface area contributed by atoms with Crippen molar-refractivity contribution in [2.24, 2.45) is 0 Å². The maximum absolute atomic E-state index is 12.4. The van der Waals surface area contributed by atoms with Crippen LogP contribution in [-0.4, -0.2) is 39.0 Å². The smallest absolute Gasteiger partial charge is 0.242 e. The predicted molar refractivity (Wildman–Crippen MR) is 93.3 cm³/mol. The van der Waals surface area contributed by atoms with E-state index in [0.29, 0.717) is 5.02 Å². The number of sulfonamides is 1. The largest absolute Gasteiger partial charge is 0.304 e. The molecule has 1 N–H and O–H groups in total. The summed E-state index contributed by atoms with van der Waals surface area (Å²) in [5.41, 5.74) is 0. The van der Waals surface area contributed by atoms with Crippen molar-refractivity contribution in [1.82, 2.24) is 9.62 Å². The summed E-state index contributed by atoms with van der Waals surface area (Å²) in [5, 5.41) is 0.520. The van der Waals surface area contributed by atoms with Crippen LogP contribution in [0, 0.1) is 0 Å². The van der Waals surface area contributed by atoms with Crippen LogP contribution in [0.4, 0.5) is 0 Å². The zero-order valence-corrected chi connectivity index (χ0v) is 15.6. The minimum Gasteiger partial charge on any atom is -0.304 e. The standard InChI is InChI=1S/C15H24Cl2N2O2S/c1-4-19(5-2)10-6-7-12(3)18-22(20,21)15-11-13(16)8-9-14(15)17/h8-9,11-12,18H,4-7,10H2,1-3H3. The van der Waals surface area contributed by atoms with E-state index in [1.165, 1.54) is 12.1 Å². The Balaban J connectivity index is 2.62. The van der Waals surface area contributed by atoms with Crippen LogP contribution in [-0.2, 0) is 10.0 Å². The SMILES string of the molecule is CCN(CC)CCCC(C)NS(=O)(=O)c1cc(Cl)ccc1Cl. The van der Waals surface area contributed by atoms with Gasteiger partial charge in [0.25, 0.3) is 0 Å². The number of halogens is 2. The van der Waals surface area contributed by atoms with E-state index in [4.69, 9.17) is 23.2 Å². The summed E-state index contributed by atoms with van der Waals surface area (Å²) in [4.78, 5) is 2.34. The molecule has 0 aliphatic carbocycles. The van der Waals surface area contributed by atoms with Gasteiger partial charge >= 0.3 is 0 Å². The van der Waals surface area contributed by atoms with Crippen LogP contribution in [0.5, 0.6) is 0 Å². The van der Waals surface area contributed by atoms with Crippen molar-refractivity contribution in [3.63, 3.8) is 0 Å². The molecule has 0 bridgehead atoms. The van der Waals surface area contributed by atoms with Crippen LogP contribution in [0.2, 0.25) is 10.0 Å². The third kappa shape index (κ3) is 6.05. The van der Waals surface area contributed by atoms with E-state index in [-0.39, 0.29) is 16.0 Å². The van der Waals surface area contributed by atoms with Crippen LogP contribution >= 0.6 is 23.2 Å². The molecule has 1 atom stereocenters. The number of nitrogens with one attached hydrogen (secondary N) is 1. The van der Waals surface area contributed by atoms with Gasteiger partial charge in [0.1, 0.15) is 4.90 Å². The van der Waals surface area contributed by atoms with Gasteiger partial charge in [0.2, 0.25) is 10.0 Å². The van der Waals surface area contributed by atoms with Crippen LogP contribution in [0.3, 0.4) is 0 Å². The van der Waals surface area contributed by atoms with Crippen LogP contribution in [0.1, 0.15) is 33.6 Å². The monoisotopic (exact) mass is 366 g/mol. The van der Waals surface area contributed by atoms with Gasteiger partial charge in [-0.25, -0.2) is 13.1 Å². The van der Waals surface area contributed by atoms with Gasteiger partial charge in [0.05, 0.1) is 5.02 Å². The Morgan fingerprint density at radius 1 is 1.23 bits per heavy atom. The first-order chi connectivity index (χ1) is 10.3. The second-order valence-electron chi connectivity index (χ2n) is 5.27. The molecule has 0 aliphatic rings. The second-order valence-corrected chi connectivity index (χ2v) is 7.79. The molecule has 0 saturated carbocycles. The fourth-order valence-corrected chi connectivity index (χ4v) is 4.27. The molecule has 0 fully saturated rings. The number of nitrogens with zero attached hydrogens (tertiary/aromatic N) is 1. The molecule has 0 aliphatic heterocycles. The minimum atomic E-state index is -3.65. The van der Waals surface area contributed by atoms with Crippen molar-refractivity contribution >= 4 is 33.2 Å². The quantitative estimate of drug-likeness (QED) is 0.723. The molecular weight excluding hydrogens is 343 g/mol. The van der Waals surface area contributed by atoms with Crippen LogP contribution < -0.4 is 4.72 Å². The Labute approximate surface area is 143 Å². The summed E-state index contributed by atoms with van der Waals surface area (Å²) in [7, 11) is -3.65. The Kier molecular flexibility index (Phi) is 8.14. The van der Waals surface area contributed by atoms with Gasteiger partial charge in [-0.15, -0.1) is 0 Å². The summed E-state index contributed by atoms with van der Waals surface area (Å²) >= 11 is 11.8. The second kappa shape index (κ2) is 9.08. The van der Waals surface area contributed by atoms with Gasteiger partial charge in [-0.05, 0) is 57.6 Å². The Morgan fingerprint density at radius 3 is 2.45 bits per heavy atom. The number of hydrogen-bond acceptors (Lipinski definition) is 3. The minimum absolute atomic E-state index is 0.0252. The highest BCUT2D eigenvalue weighted by molar-refractivity contribution is 7.89. The van der Waals surface area contributed by atoms with E-state index in [1.807, 2.05) is 6.92 Å². The summed E-state index contributed by atoms with van der Waals surface area (Å²) in [6, 6.07) is 4.27. The third-order valence-corrected chi connectivity index (χ3v) is 5.85. The first-order valence-corrected chi connectivity index (χ1v) is 9.73. The van der Waals surface area contributed by atoms with E-state index in [2.05, 4.69) is 23.5 Å². The Hall–Kier alpha value is -0.330. The molecular formula is C15H24Cl2N2O2S. The fraction of sp³-hybridized carbons (Fsp3) is 0.600. The van der Waals surface area contributed by atoms with Crippen molar-refractivity contribution in [2.75, 3.05) is 19.6 Å². The molecule has 0 heterocycles. The number of benzene rings is 1. The van der Waals surface area contributed by atoms with E-state index in [1.54, 1.807) is 6.07 Å². The normalized spacial score (nSPS) is 13.5. The highest BCUT2D eigenvalue weighted by Crippen LogP contribution is 2.25. The third-order valence-electron chi connectivity index (χ3n) is 3.55. The molecule has 1 rings (SSSR count). The number of hydrogen-bond donors (Lipinski definition) is 1. The first kappa shape index (κ1) is 19.7. The summed E-state index contributed by atoms with van der Waals surface area (Å²) in [6.07, 6.45) is 1.71. The topological polar surface area (TPSA) is 49.4 Å². The predicted octanol–water partition coefficient (Wildman–Crippen LogP) is 3.78. The van der Waals surface area contributed by atoms with Gasteiger partial charge < -0.3 is 4.90 Å². The van der Waals surface area contributed by atoms with E-state index >= 15 is 0 Å². The van der Waals surface area contributed by atoms with Gasteiger partial charge in [-0.2, -0.15) is 0 Å². The van der Waals surface area contributed by atoms with Crippen molar-refractivity contribution in [3.8, 4) is 0 Å². The van der Waals surface area contributed by atoms with E-state index in [9.17, 15) is 8.42 Å². The van der Waals surface area contributed by atoms with Crippen molar-refractivity contribution in [2.45, 2.75) is 44.6 Å². The number of rotatable bonds is 9. The first-order valence-electron chi connectivity index (χ1n) is 7.49. The van der Waals surface area contributed by atoms with E-state index in [0.717, 1.165) is 32.5 Å².